The van der Waals surface area contributed by atoms with E-state index in [1.807, 2.05) is 46.3 Å². The van der Waals surface area contributed by atoms with E-state index < -0.39 is 0 Å². The summed E-state index contributed by atoms with van der Waals surface area (Å²) in [4.78, 5) is 21.7. The molecule has 0 bridgehead atoms. The average Bonchev–Trinajstić information content (AvgIpc) is 3.30. The van der Waals surface area contributed by atoms with Crippen molar-refractivity contribution in [3.05, 3.63) is 104 Å². The molecule has 7 heteroatoms. The Kier molecular flexibility index (Phi) is 7.82. The number of likely N-dealkylation sites (N-methyl/N-ethyl adjacent to an activating group) is 1. The van der Waals surface area contributed by atoms with Crippen LogP contribution in [0, 0.1) is 12.1 Å². The zero-order chi connectivity index (χ0) is 25.0. The zero-order valence-electron chi connectivity index (χ0n) is 21.0. The maximum atomic E-state index is 13.6. The molecule has 35 heavy (non-hydrogen) atoms. The Hall–Kier alpha value is -2.84. The summed E-state index contributed by atoms with van der Waals surface area (Å²) in [7, 11) is 3.35. The Morgan fingerprint density at radius 3 is 2.43 bits per heavy atom. The quantitative estimate of drug-likeness (QED) is 0.222. The number of benzene rings is 2. The lowest BCUT2D eigenvalue weighted by Crippen LogP contribution is -2.43. The van der Waals surface area contributed by atoms with Gasteiger partial charge in [0.2, 0.25) is 0 Å². The fourth-order valence-corrected chi connectivity index (χ4v) is 5.15. The van der Waals surface area contributed by atoms with Crippen molar-refractivity contribution >= 4 is 21.6 Å². The first-order valence-electron chi connectivity index (χ1n) is 12.1. The van der Waals surface area contributed by atoms with Crippen molar-refractivity contribution in [2.24, 2.45) is 0 Å². The van der Waals surface area contributed by atoms with Crippen LogP contribution in [-0.2, 0) is 13.1 Å². The topological polar surface area (TPSA) is 61.2 Å². The molecule has 4 rings (SSSR count). The van der Waals surface area contributed by atoms with Gasteiger partial charge in [0.05, 0.1) is 38.6 Å². The number of aryl methyl sites for hydroxylation is 1. The van der Waals surface area contributed by atoms with Crippen molar-refractivity contribution in [1.29, 1.82) is 0 Å². The second-order valence-electron chi connectivity index (χ2n) is 9.66. The minimum absolute atomic E-state index is 0.0104. The molecule has 0 N–H and O–H groups in total. The number of rotatable bonds is 10. The second-order valence-corrected chi connectivity index (χ2v) is 10.6. The Bertz CT molecular complexity index is 1310. The van der Waals surface area contributed by atoms with Gasteiger partial charge in [-0.15, -0.1) is 11.3 Å². The van der Waals surface area contributed by atoms with E-state index >= 15 is 0 Å². The minimum atomic E-state index is -0.366. The summed E-state index contributed by atoms with van der Waals surface area (Å²) in [6, 6.07) is 20.3. The van der Waals surface area contributed by atoms with E-state index in [-0.39, 0.29) is 16.2 Å². The lowest BCUT2D eigenvalue weighted by atomic mass is 10.1. The number of fused-ring (bicyclic) bond motifs is 1. The van der Waals surface area contributed by atoms with Crippen LogP contribution < -0.4 is 5.56 Å². The molecular formula is C28H34N4O2S. The molecule has 0 aliphatic carbocycles. The van der Waals surface area contributed by atoms with Crippen molar-refractivity contribution < 1.29 is 4.65 Å². The van der Waals surface area contributed by atoms with Crippen molar-refractivity contribution in [3.63, 3.8) is 0 Å². The van der Waals surface area contributed by atoms with Gasteiger partial charge in [-0.1, -0.05) is 67.1 Å². The van der Waals surface area contributed by atoms with Gasteiger partial charge in [-0.2, -0.15) is 0 Å². The third-order valence-electron chi connectivity index (χ3n) is 6.35. The van der Waals surface area contributed by atoms with Gasteiger partial charge in [-0.3, -0.25) is 14.3 Å². The first-order chi connectivity index (χ1) is 16.7. The summed E-state index contributed by atoms with van der Waals surface area (Å²) < 4.78 is 1.47. The van der Waals surface area contributed by atoms with E-state index in [1.165, 1.54) is 22.5 Å². The molecule has 0 radical (unpaired) electrons. The number of aromatic nitrogens is 2. The molecule has 0 aliphatic heterocycles. The Morgan fingerprint density at radius 2 is 1.77 bits per heavy atom. The van der Waals surface area contributed by atoms with Crippen LogP contribution >= 0.6 is 11.3 Å². The Labute approximate surface area is 211 Å². The highest BCUT2D eigenvalue weighted by Crippen LogP contribution is 2.27. The Morgan fingerprint density at radius 1 is 1.06 bits per heavy atom. The standard InChI is InChI=1S/C28H34N4O2S/c1-5-25(30(16-17-32(3,4)34)19-23-13-11-21(2)12-14-23)26-29-27-24(15-18-35-27)28(33)31(26)20-22-9-7-6-8-10-22/h6-15,18,25H,5,16-17,19-20H2,1-4H3. The maximum Gasteiger partial charge on any atom is 0.262 e. The summed E-state index contributed by atoms with van der Waals surface area (Å²) in [6.45, 7) is 6.41. The van der Waals surface area contributed by atoms with E-state index in [1.54, 1.807) is 14.1 Å². The molecule has 2 aromatic heterocycles. The summed E-state index contributed by atoms with van der Waals surface area (Å²) in [6.07, 6.45) is 0.774. The van der Waals surface area contributed by atoms with E-state index in [0.717, 1.165) is 22.6 Å². The molecule has 0 aliphatic rings. The second kappa shape index (κ2) is 10.8. The predicted octanol–water partition coefficient (Wildman–Crippen LogP) is 5.34. The normalized spacial score (nSPS) is 13.0. The molecule has 0 spiro atoms. The number of hydrogen-bond acceptors (Lipinski definition) is 5. The van der Waals surface area contributed by atoms with E-state index in [9.17, 15) is 10.0 Å². The summed E-state index contributed by atoms with van der Waals surface area (Å²) >= 11 is 1.50. The van der Waals surface area contributed by atoms with Crippen LogP contribution in [0.4, 0.5) is 0 Å². The van der Waals surface area contributed by atoms with Gasteiger partial charge in [0.25, 0.3) is 5.56 Å². The predicted molar refractivity (Wildman–Crippen MR) is 144 cm³/mol. The maximum absolute atomic E-state index is 13.6. The average molecular weight is 491 g/mol. The van der Waals surface area contributed by atoms with Crippen LogP contribution in [-0.4, -0.2) is 46.3 Å². The van der Waals surface area contributed by atoms with Gasteiger partial charge in [0.15, 0.2) is 0 Å². The zero-order valence-corrected chi connectivity index (χ0v) is 21.8. The highest BCUT2D eigenvalue weighted by molar-refractivity contribution is 7.16. The van der Waals surface area contributed by atoms with Crippen LogP contribution in [0.3, 0.4) is 0 Å². The largest absolute Gasteiger partial charge is 0.633 e. The molecule has 0 saturated heterocycles. The van der Waals surface area contributed by atoms with E-state index in [0.29, 0.717) is 31.6 Å². The van der Waals surface area contributed by atoms with Crippen molar-refractivity contribution in [2.75, 3.05) is 27.2 Å². The van der Waals surface area contributed by atoms with Gasteiger partial charge in [-0.25, -0.2) is 4.98 Å². The van der Waals surface area contributed by atoms with Crippen molar-refractivity contribution in [3.8, 4) is 0 Å². The van der Waals surface area contributed by atoms with Crippen molar-refractivity contribution in [2.45, 2.75) is 39.4 Å². The van der Waals surface area contributed by atoms with E-state index in [2.05, 4.69) is 43.0 Å². The molecule has 6 nitrogen and oxygen atoms in total. The highest BCUT2D eigenvalue weighted by atomic mass is 32.1. The van der Waals surface area contributed by atoms with E-state index in [4.69, 9.17) is 4.98 Å². The van der Waals surface area contributed by atoms with Crippen LogP contribution in [0.2, 0.25) is 0 Å². The van der Waals surface area contributed by atoms with Crippen LogP contribution in [0.5, 0.6) is 0 Å². The number of hydrogen-bond donors (Lipinski definition) is 0. The Balaban J connectivity index is 1.79. The molecule has 1 unspecified atom stereocenters. The van der Waals surface area contributed by atoms with Gasteiger partial charge in [0.1, 0.15) is 10.7 Å². The lowest BCUT2D eigenvalue weighted by Gasteiger charge is -2.38. The molecule has 0 fully saturated rings. The molecule has 4 aromatic rings. The smallest absolute Gasteiger partial charge is 0.262 e. The minimum Gasteiger partial charge on any atom is -0.633 e. The van der Waals surface area contributed by atoms with Crippen molar-refractivity contribution in [1.82, 2.24) is 14.5 Å². The number of nitrogens with zero attached hydrogens (tertiary/aromatic N) is 4. The molecule has 2 heterocycles. The fourth-order valence-electron chi connectivity index (χ4n) is 4.38. The molecular weight excluding hydrogens is 456 g/mol. The van der Waals surface area contributed by atoms with Gasteiger partial charge < -0.3 is 9.85 Å². The summed E-state index contributed by atoms with van der Waals surface area (Å²) in [5.41, 5.74) is 3.44. The molecule has 184 valence electrons. The third kappa shape index (κ3) is 6.24. The molecule has 0 amide bonds. The van der Waals surface area contributed by atoms with Crippen LogP contribution in [0.25, 0.3) is 10.2 Å². The molecule has 0 saturated carbocycles. The third-order valence-corrected chi connectivity index (χ3v) is 7.16. The van der Waals surface area contributed by atoms with Gasteiger partial charge in [-0.05, 0) is 35.9 Å². The number of thiophene rings is 1. The first kappa shape index (κ1) is 25.3. The number of quaternary nitrogens is 1. The summed E-state index contributed by atoms with van der Waals surface area (Å²) in [5, 5.41) is 15.1. The first-order valence-corrected chi connectivity index (χ1v) is 13.0. The SMILES string of the molecule is CCC(c1nc2sccc2c(=O)n1Cc1ccccc1)N(CC[N+](C)(C)[O-])Cc1ccc(C)cc1. The monoisotopic (exact) mass is 490 g/mol. The highest BCUT2D eigenvalue weighted by Gasteiger charge is 2.26. The molecule has 2 aromatic carbocycles. The molecule has 1 atom stereocenters. The lowest BCUT2D eigenvalue weighted by molar-refractivity contribution is -0.839. The summed E-state index contributed by atoms with van der Waals surface area (Å²) in [5.74, 6) is 0.764. The van der Waals surface area contributed by atoms with Gasteiger partial charge >= 0.3 is 0 Å². The van der Waals surface area contributed by atoms with Crippen LogP contribution in [0.15, 0.2) is 70.8 Å². The fraction of sp³-hybridized carbons (Fsp3) is 0.357. The van der Waals surface area contributed by atoms with Gasteiger partial charge in [0, 0.05) is 13.1 Å². The number of hydroxylamine groups is 3. The van der Waals surface area contributed by atoms with Crippen LogP contribution in [0.1, 0.15) is 41.9 Å².